The van der Waals surface area contributed by atoms with Gasteiger partial charge in [0.25, 0.3) is 0 Å². The molecule has 0 bridgehead atoms. The molecule has 0 amide bonds. The maximum atomic E-state index is 5.72. The molecule has 1 aromatic carbocycles. The molecule has 1 unspecified atom stereocenters. The number of benzene rings is 1. The number of rotatable bonds is 5. The van der Waals surface area contributed by atoms with Crippen molar-refractivity contribution < 1.29 is 0 Å². The van der Waals surface area contributed by atoms with Crippen molar-refractivity contribution >= 4 is 5.69 Å². The Balaban J connectivity index is 2.63. The van der Waals surface area contributed by atoms with Crippen LogP contribution in [0.25, 0.3) is 0 Å². The van der Waals surface area contributed by atoms with Crippen molar-refractivity contribution in [3.8, 4) is 0 Å². The lowest BCUT2D eigenvalue weighted by molar-refractivity contribution is 0.531. The quantitative estimate of drug-likeness (QED) is 0.777. The van der Waals surface area contributed by atoms with Gasteiger partial charge in [0.1, 0.15) is 0 Å². The van der Waals surface area contributed by atoms with Crippen molar-refractivity contribution in [2.24, 2.45) is 11.7 Å². The van der Waals surface area contributed by atoms with Gasteiger partial charge in [-0.25, -0.2) is 0 Å². The fourth-order valence-corrected chi connectivity index (χ4v) is 1.55. The van der Waals surface area contributed by atoms with Crippen LogP contribution >= 0.6 is 0 Å². The van der Waals surface area contributed by atoms with Crippen molar-refractivity contribution in [2.45, 2.75) is 33.2 Å². The van der Waals surface area contributed by atoms with E-state index in [2.05, 4.69) is 50.4 Å². The molecule has 0 aliphatic carbocycles. The van der Waals surface area contributed by atoms with Gasteiger partial charge in [0.05, 0.1) is 0 Å². The molecule has 2 heteroatoms. The molecular weight excluding hydrogens is 184 g/mol. The van der Waals surface area contributed by atoms with Crippen LogP contribution in [-0.2, 0) is 6.42 Å². The minimum Gasteiger partial charge on any atom is -0.381 e. The van der Waals surface area contributed by atoms with Gasteiger partial charge in [-0.15, -0.1) is 0 Å². The van der Waals surface area contributed by atoms with E-state index in [1.165, 1.54) is 5.56 Å². The molecule has 0 aliphatic rings. The second-order valence-corrected chi connectivity index (χ2v) is 4.28. The summed E-state index contributed by atoms with van der Waals surface area (Å²) in [5.41, 5.74) is 8.25. The molecule has 1 atom stereocenters. The second kappa shape index (κ2) is 5.76. The fourth-order valence-electron chi connectivity index (χ4n) is 1.55. The van der Waals surface area contributed by atoms with Crippen LogP contribution in [0.4, 0.5) is 5.69 Å². The number of aryl methyl sites for hydroxylation is 1. The highest BCUT2D eigenvalue weighted by molar-refractivity contribution is 5.45. The molecule has 15 heavy (non-hydrogen) atoms. The molecule has 0 aliphatic heterocycles. The zero-order valence-electron chi connectivity index (χ0n) is 9.96. The summed E-state index contributed by atoms with van der Waals surface area (Å²) in [4.78, 5) is 0. The van der Waals surface area contributed by atoms with Gasteiger partial charge >= 0.3 is 0 Å². The van der Waals surface area contributed by atoms with Gasteiger partial charge in [0.15, 0.2) is 0 Å². The maximum absolute atomic E-state index is 5.72. The summed E-state index contributed by atoms with van der Waals surface area (Å²) in [6.07, 6.45) is 1.09. The van der Waals surface area contributed by atoms with E-state index in [4.69, 9.17) is 5.73 Å². The first-order valence-electron chi connectivity index (χ1n) is 5.73. The predicted molar refractivity (Wildman–Crippen MR) is 67.1 cm³/mol. The Labute approximate surface area is 92.9 Å². The predicted octanol–water partition coefficient (Wildman–Crippen LogP) is 2.64. The number of nitrogens with one attached hydrogen (secondary N) is 1. The zero-order valence-corrected chi connectivity index (χ0v) is 9.96. The summed E-state index contributed by atoms with van der Waals surface area (Å²) >= 11 is 0. The SMILES string of the molecule is CCc1ccc(NC(CN)C(C)C)cc1. The normalized spacial score (nSPS) is 12.9. The first kappa shape index (κ1) is 12.1. The van der Waals surface area contributed by atoms with E-state index in [0.717, 1.165) is 12.1 Å². The zero-order chi connectivity index (χ0) is 11.3. The van der Waals surface area contributed by atoms with Gasteiger partial charge in [-0.05, 0) is 30.0 Å². The lowest BCUT2D eigenvalue weighted by Gasteiger charge is -2.21. The Kier molecular flexibility index (Phi) is 4.63. The van der Waals surface area contributed by atoms with Crippen molar-refractivity contribution in [3.63, 3.8) is 0 Å². The van der Waals surface area contributed by atoms with Crippen LogP contribution in [0.1, 0.15) is 26.3 Å². The van der Waals surface area contributed by atoms with Crippen LogP contribution in [-0.4, -0.2) is 12.6 Å². The summed E-state index contributed by atoms with van der Waals surface area (Å²) in [6, 6.07) is 8.94. The smallest absolute Gasteiger partial charge is 0.0406 e. The molecule has 0 spiro atoms. The van der Waals surface area contributed by atoms with Crippen LogP contribution in [0, 0.1) is 5.92 Å². The summed E-state index contributed by atoms with van der Waals surface area (Å²) < 4.78 is 0. The lowest BCUT2D eigenvalue weighted by Crippen LogP contribution is -2.33. The average Bonchev–Trinajstić information content (AvgIpc) is 2.26. The van der Waals surface area contributed by atoms with E-state index in [9.17, 15) is 0 Å². The summed E-state index contributed by atoms with van der Waals surface area (Å²) in [5, 5.41) is 3.45. The Morgan fingerprint density at radius 2 is 1.80 bits per heavy atom. The minimum absolute atomic E-state index is 0.359. The molecule has 1 aromatic rings. The Morgan fingerprint density at radius 1 is 1.20 bits per heavy atom. The lowest BCUT2D eigenvalue weighted by atomic mass is 10.0. The van der Waals surface area contributed by atoms with Gasteiger partial charge in [0, 0.05) is 18.3 Å². The van der Waals surface area contributed by atoms with Crippen LogP contribution in [0.3, 0.4) is 0 Å². The number of nitrogens with two attached hydrogens (primary N) is 1. The maximum Gasteiger partial charge on any atom is 0.0406 e. The Morgan fingerprint density at radius 3 is 2.20 bits per heavy atom. The van der Waals surface area contributed by atoms with Gasteiger partial charge in [-0.3, -0.25) is 0 Å². The van der Waals surface area contributed by atoms with Crippen LogP contribution < -0.4 is 11.1 Å². The number of anilines is 1. The molecule has 0 fully saturated rings. The van der Waals surface area contributed by atoms with E-state index in [1.54, 1.807) is 0 Å². The molecule has 0 saturated heterocycles. The molecule has 0 heterocycles. The molecular formula is C13H22N2. The second-order valence-electron chi connectivity index (χ2n) is 4.28. The average molecular weight is 206 g/mol. The standard InChI is InChI=1S/C13H22N2/c1-4-11-5-7-12(8-6-11)15-13(9-14)10(2)3/h5-8,10,13,15H,4,9,14H2,1-3H3. The molecule has 2 nitrogen and oxygen atoms in total. The topological polar surface area (TPSA) is 38.0 Å². The van der Waals surface area contributed by atoms with Crippen molar-refractivity contribution in [1.82, 2.24) is 0 Å². The Bertz CT molecular complexity index is 277. The van der Waals surface area contributed by atoms with E-state index >= 15 is 0 Å². The third-order valence-corrected chi connectivity index (χ3v) is 2.77. The highest BCUT2D eigenvalue weighted by atomic mass is 14.9. The molecule has 84 valence electrons. The largest absolute Gasteiger partial charge is 0.381 e. The van der Waals surface area contributed by atoms with Crippen molar-refractivity contribution in [2.75, 3.05) is 11.9 Å². The summed E-state index contributed by atoms with van der Waals surface area (Å²) in [5.74, 6) is 0.556. The highest BCUT2D eigenvalue weighted by Gasteiger charge is 2.10. The van der Waals surface area contributed by atoms with E-state index in [1.807, 2.05) is 0 Å². The third kappa shape index (κ3) is 3.56. The van der Waals surface area contributed by atoms with E-state index in [0.29, 0.717) is 18.5 Å². The highest BCUT2D eigenvalue weighted by Crippen LogP contribution is 2.13. The fraction of sp³-hybridized carbons (Fsp3) is 0.538. The molecule has 0 aromatic heterocycles. The van der Waals surface area contributed by atoms with Gasteiger partial charge < -0.3 is 11.1 Å². The number of hydrogen-bond donors (Lipinski definition) is 2. The van der Waals surface area contributed by atoms with Gasteiger partial charge in [-0.1, -0.05) is 32.9 Å². The Hall–Kier alpha value is -1.02. The monoisotopic (exact) mass is 206 g/mol. The minimum atomic E-state index is 0.359. The van der Waals surface area contributed by atoms with E-state index in [-0.39, 0.29) is 0 Å². The van der Waals surface area contributed by atoms with Crippen molar-refractivity contribution in [3.05, 3.63) is 29.8 Å². The van der Waals surface area contributed by atoms with Gasteiger partial charge in [0.2, 0.25) is 0 Å². The summed E-state index contributed by atoms with van der Waals surface area (Å²) in [6.45, 7) is 7.21. The van der Waals surface area contributed by atoms with Crippen molar-refractivity contribution in [1.29, 1.82) is 0 Å². The van der Waals surface area contributed by atoms with Gasteiger partial charge in [-0.2, -0.15) is 0 Å². The molecule has 0 radical (unpaired) electrons. The number of hydrogen-bond acceptors (Lipinski definition) is 2. The molecule has 3 N–H and O–H groups in total. The first-order valence-corrected chi connectivity index (χ1v) is 5.73. The summed E-state index contributed by atoms with van der Waals surface area (Å²) in [7, 11) is 0. The van der Waals surface area contributed by atoms with Crippen LogP contribution in [0.15, 0.2) is 24.3 Å². The van der Waals surface area contributed by atoms with Crippen LogP contribution in [0.5, 0.6) is 0 Å². The molecule has 1 rings (SSSR count). The molecule has 0 saturated carbocycles. The first-order chi connectivity index (χ1) is 7.17. The third-order valence-electron chi connectivity index (χ3n) is 2.77. The van der Waals surface area contributed by atoms with Crippen LogP contribution in [0.2, 0.25) is 0 Å². The van der Waals surface area contributed by atoms with E-state index < -0.39 is 0 Å².